The lowest BCUT2D eigenvalue weighted by atomic mass is 10.0. The topological polar surface area (TPSA) is 84.8 Å². The lowest BCUT2D eigenvalue weighted by molar-refractivity contribution is -0.268. The Morgan fingerprint density at radius 2 is 1.78 bits per heavy atom. The van der Waals surface area contributed by atoms with Gasteiger partial charge in [0.2, 0.25) is 0 Å². The number of carbonyl (C=O) groups is 1. The maximum Gasteiger partial charge on any atom is 0.337 e. The van der Waals surface area contributed by atoms with E-state index in [2.05, 4.69) is 10.5 Å². The summed E-state index contributed by atoms with van der Waals surface area (Å²) in [6.45, 7) is 0. The van der Waals surface area contributed by atoms with Crippen molar-refractivity contribution in [1.29, 1.82) is 0 Å². The van der Waals surface area contributed by atoms with Crippen molar-refractivity contribution in [3.8, 4) is 5.75 Å². The standard InChI is InChI=1S/C18H14N2O3/c21-17-10-9-12-5-1-2-6-13(12)15(17)11-19-20-16-8-4-3-7-14(16)18(22)23/h1-11,20-21H,(H,22,23)/p-1/b19-11+. The van der Waals surface area contributed by atoms with Gasteiger partial charge in [-0.3, -0.25) is 5.43 Å². The van der Waals surface area contributed by atoms with E-state index in [9.17, 15) is 9.90 Å². The van der Waals surface area contributed by atoms with Crippen molar-refractivity contribution < 1.29 is 15.0 Å². The number of fused-ring (bicyclic) bond motifs is 1. The summed E-state index contributed by atoms with van der Waals surface area (Å²) in [4.78, 5) is 11.1. The summed E-state index contributed by atoms with van der Waals surface area (Å²) >= 11 is 0. The highest BCUT2D eigenvalue weighted by Crippen LogP contribution is 2.23. The summed E-state index contributed by atoms with van der Waals surface area (Å²) in [6.07, 6.45) is 1.42. The lowest BCUT2D eigenvalue weighted by Crippen LogP contribution is -2.03. The Labute approximate surface area is 132 Å². The molecule has 0 bridgehead atoms. The van der Waals surface area contributed by atoms with Crippen LogP contribution in [0.5, 0.6) is 5.75 Å². The van der Waals surface area contributed by atoms with Crippen molar-refractivity contribution in [2.75, 3.05) is 5.43 Å². The molecule has 0 atom stereocenters. The minimum Gasteiger partial charge on any atom is -0.872 e. The molecule has 0 fully saturated rings. The van der Waals surface area contributed by atoms with E-state index in [-0.39, 0.29) is 11.3 Å². The molecule has 5 nitrogen and oxygen atoms in total. The van der Waals surface area contributed by atoms with Crippen molar-refractivity contribution in [3.63, 3.8) is 0 Å². The first-order valence-electron chi connectivity index (χ1n) is 6.97. The van der Waals surface area contributed by atoms with Gasteiger partial charge in [0.1, 0.15) is 0 Å². The largest absolute Gasteiger partial charge is 0.872 e. The number of anilines is 1. The van der Waals surface area contributed by atoms with E-state index in [4.69, 9.17) is 5.11 Å². The molecule has 0 saturated heterocycles. The lowest BCUT2D eigenvalue weighted by Gasteiger charge is -2.13. The van der Waals surface area contributed by atoms with Crippen LogP contribution in [0.4, 0.5) is 5.69 Å². The molecule has 0 aliphatic rings. The zero-order valence-electron chi connectivity index (χ0n) is 12.1. The van der Waals surface area contributed by atoms with Crippen LogP contribution in [0.25, 0.3) is 10.8 Å². The summed E-state index contributed by atoms with van der Waals surface area (Å²) < 4.78 is 0. The van der Waals surface area contributed by atoms with Crippen molar-refractivity contribution in [3.05, 3.63) is 71.8 Å². The molecule has 23 heavy (non-hydrogen) atoms. The molecule has 3 rings (SSSR count). The third-order valence-electron chi connectivity index (χ3n) is 3.47. The molecule has 0 unspecified atom stereocenters. The SMILES string of the molecule is O=C(O)c1ccccc1N/N=C/c1c([O-])ccc2ccccc12. The van der Waals surface area contributed by atoms with E-state index in [0.717, 1.165) is 10.8 Å². The number of nitrogens with zero attached hydrogens (tertiary/aromatic N) is 1. The summed E-state index contributed by atoms with van der Waals surface area (Å²) in [7, 11) is 0. The smallest absolute Gasteiger partial charge is 0.337 e. The first-order valence-corrected chi connectivity index (χ1v) is 6.97. The quantitative estimate of drug-likeness (QED) is 0.573. The minimum absolute atomic E-state index is 0.116. The van der Waals surface area contributed by atoms with Gasteiger partial charge in [0.25, 0.3) is 0 Å². The predicted molar refractivity (Wildman–Crippen MR) is 88.0 cm³/mol. The Hall–Kier alpha value is -3.34. The van der Waals surface area contributed by atoms with E-state index in [1.54, 1.807) is 24.3 Å². The summed E-state index contributed by atoms with van der Waals surface area (Å²) in [5.74, 6) is -1.18. The molecule has 2 N–H and O–H groups in total. The molecule has 0 aliphatic carbocycles. The van der Waals surface area contributed by atoms with E-state index < -0.39 is 5.97 Å². The van der Waals surface area contributed by atoms with Gasteiger partial charge in [-0.25, -0.2) is 4.79 Å². The molecule has 3 aromatic rings. The van der Waals surface area contributed by atoms with Crippen molar-refractivity contribution in [1.82, 2.24) is 0 Å². The summed E-state index contributed by atoms with van der Waals surface area (Å²) in [6, 6.07) is 17.2. The van der Waals surface area contributed by atoms with Gasteiger partial charge < -0.3 is 10.2 Å². The number of hydrogen-bond donors (Lipinski definition) is 2. The Morgan fingerprint density at radius 1 is 1.04 bits per heavy atom. The number of hydrogen-bond acceptors (Lipinski definition) is 4. The summed E-state index contributed by atoms with van der Waals surface area (Å²) in [5.41, 5.74) is 3.63. The van der Waals surface area contributed by atoms with Gasteiger partial charge in [-0.1, -0.05) is 54.3 Å². The second-order valence-corrected chi connectivity index (χ2v) is 4.92. The normalized spacial score (nSPS) is 11.0. The first-order chi connectivity index (χ1) is 11.2. The first kappa shape index (κ1) is 14.6. The molecule has 114 valence electrons. The molecule has 0 amide bonds. The number of carboxylic acids is 1. The molecule has 5 heteroatoms. The van der Waals surface area contributed by atoms with Gasteiger partial charge >= 0.3 is 5.97 Å². The van der Waals surface area contributed by atoms with Crippen LogP contribution < -0.4 is 10.5 Å². The van der Waals surface area contributed by atoms with Gasteiger partial charge in [-0.2, -0.15) is 5.10 Å². The van der Waals surface area contributed by atoms with Crippen LogP contribution in [0, 0.1) is 0 Å². The van der Waals surface area contributed by atoms with Crippen LogP contribution in [-0.2, 0) is 0 Å². The number of para-hydroxylation sites is 1. The number of carboxylic acid groups (broad SMARTS) is 1. The molecule has 0 spiro atoms. The zero-order chi connectivity index (χ0) is 16.2. The van der Waals surface area contributed by atoms with Gasteiger partial charge in [0.05, 0.1) is 17.5 Å². The molecule has 0 heterocycles. The molecule has 0 aliphatic heterocycles. The second kappa shape index (κ2) is 6.19. The third kappa shape index (κ3) is 2.98. The zero-order valence-corrected chi connectivity index (χ0v) is 12.1. The van der Waals surface area contributed by atoms with Gasteiger partial charge in [0.15, 0.2) is 0 Å². The van der Waals surface area contributed by atoms with Crippen molar-refractivity contribution in [2.45, 2.75) is 0 Å². The Balaban J connectivity index is 1.93. The van der Waals surface area contributed by atoms with Crippen LogP contribution >= 0.6 is 0 Å². The highest BCUT2D eigenvalue weighted by Gasteiger charge is 2.07. The van der Waals surface area contributed by atoms with E-state index in [0.29, 0.717) is 11.3 Å². The van der Waals surface area contributed by atoms with Gasteiger partial charge in [-0.15, -0.1) is 0 Å². The van der Waals surface area contributed by atoms with Crippen LogP contribution in [0.1, 0.15) is 15.9 Å². The predicted octanol–water partition coefficient (Wildman–Crippen LogP) is 3.06. The Kier molecular flexibility index (Phi) is 3.93. The van der Waals surface area contributed by atoms with Crippen LogP contribution in [0.15, 0.2) is 65.8 Å². The number of hydrazone groups is 1. The van der Waals surface area contributed by atoms with E-state index in [1.807, 2.05) is 24.3 Å². The van der Waals surface area contributed by atoms with Gasteiger partial charge in [0, 0.05) is 0 Å². The minimum atomic E-state index is -1.04. The number of benzene rings is 3. The van der Waals surface area contributed by atoms with E-state index in [1.165, 1.54) is 18.3 Å². The molecular weight excluding hydrogens is 292 g/mol. The van der Waals surface area contributed by atoms with E-state index >= 15 is 0 Å². The van der Waals surface area contributed by atoms with Crippen molar-refractivity contribution >= 4 is 28.6 Å². The molecule has 0 saturated carbocycles. The number of nitrogens with one attached hydrogen (secondary N) is 1. The molecule has 0 aromatic heterocycles. The average molecular weight is 305 g/mol. The highest BCUT2D eigenvalue weighted by molar-refractivity contribution is 6.02. The Bertz CT molecular complexity index is 904. The highest BCUT2D eigenvalue weighted by atomic mass is 16.4. The van der Waals surface area contributed by atoms with Crippen LogP contribution in [0.3, 0.4) is 0 Å². The fourth-order valence-electron chi connectivity index (χ4n) is 2.34. The Morgan fingerprint density at radius 3 is 2.61 bits per heavy atom. The fraction of sp³-hybridized carbons (Fsp3) is 0. The monoisotopic (exact) mass is 305 g/mol. The molecular formula is C18H13N2O3-. The molecule has 0 radical (unpaired) electrons. The number of rotatable bonds is 4. The third-order valence-corrected chi connectivity index (χ3v) is 3.47. The molecule has 3 aromatic carbocycles. The fourth-order valence-corrected chi connectivity index (χ4v) is 2.34. The summed E-state index contributed by atoms with van der Waals surface area (Å²) in [5, 5.41) is 26.9. The van der Waals surface area contributed by atoms with Crippen LogP contribution in [0.2, 0.25) is 0 Å². The maximum atomic E-state index is 12.0. The van der Waals surface area contributed by atoms with Crippen LogP contribution in [-0.4, -0.2) is 17.3 Å². The average Bonchev–Trinajstić information content (AvgIpc) is 2.57. The second-order valence-electron chi connectivity index (χ2n) is 4.92. The van der Waals surface area contributed by atoms with Crippen molar-refractivity contribution in [2.24, 2.45) is 5.10 Å². The number of aromatic carboxylic acids is 1. The maximum absolute atomic E-state index is 12.0. The van der Waals surface area contributed by atoms with Gasteiger partial charge in [-0.05, 0) is 28.5 Å².